The van der Waals surface area contributed by atoms with Gasteiger partial charge in [0.1, 0.15) is 5.75 Å². The van der Waals surface area contributed by atoms with Crippen LogP contribution in [0.1, 0.15) is 11.1 Å². The van der Waals surface area contributed by atoms with Crippen LogP contribution in [-0.4, -0.2) is 24.2 Å². The summed E-state index contributed by atoms with van der Waals surface area (Å²) in [6.45, 7) is -1.32. The number of nitrogens with zero attached hydrogens (tertiary/aromatic N) is 2. The van der Waals surface area contributed by atoms with Gasteiger partial charge >= 0.3 is 6.18 Å². The highest BCUT2D eigenvalue weighted by Crippen LogP contribution is 2.18. The third kappa shape index (κ3) is 7.75. The average molecular weight is 367 g/mol. The van der Waals surface area contributed by atoms with E-state index in [-0.39, 0.29) is 5.75 Å². The fourth-order valence-electron chi connectivity index (χ4n) is 1.73. The molecule has 2 aromatic rings. The van der Waals surface area contributed by atoms with E-state index in [1.807, 2.05) is 30.3 Å². The van der Waals surface area contributed by atoms with Crippen LogP contribution in [0.2, 0.25) is 0 Å². The standard InChI is InChI=1S/C17H16F3N3OS/c18-17(19,20)12-24-15-8-6-13(7-9-15)10-22-23-16(21)25-11-14-4-2-1-3-5-14/h1-10H,11-12H2,(H2,21,23). The molecule has 0 spiro atoms. The van der Waals surface area contributed by atoms with Crippen molar-refractivity contribution in [1.82, 2.24) is 0 Å². The number of hydrogen-bond donors (Lipinski definition) is 1. The van der Waals surface area contributed by atoms with Crippen LogP contribution in [0.5, 0.6) is 5.75 Å². The second kappa shape index (κ2) is 9.12. The van der Waals surface area contributed by atoms with Crippen molar-refractivity contribution in [3.63, 3.8) is 0 Å². The molecule has 0 saturated carbocycles. The molecule has 4 nitrogen and oxygen atoms in total. The molecule has 25 heavy (non-hydrogen) atoms. The van der Waals surface area contributed by atoms with Gasteiger partial charge in [0.05, 0.1) is 6.21 Å². The van der Waals surface area contributed by atoms with E-state index < -0.39 is 12.8 Å². The van der Waals surface area contributed by atoms with Gasteiger partial charge in [-0.25, -0.2) is 0 Å². The van der Waals surface area contributed by atoms with Gasteiger partial charge in [0, 0.05) is 5.75 Å². The predicted octanol–water partition coefficient (Wildman–Crippen LogP) is 4.21. The Kier molecular flexibility index (Phi) is 6.88. The molecule has 2 N–H and O–H groups in total. The number of ether oxygens (including phenoxy) is 1. The van der Waals surface area contributed by atoms with Crippen molar-refractivity contribution >= 4 is 23.1 Å². The summed E-state index contributed by atoms with van der Waals surface area (Å²) in [5.74, 6) is 0.827. The lowest BCUT2D eigenvalue weighted by molar-refractivity contribution is -0.153. The zero-order valence-electron chi connectivity index (χ0n) is 13.1. The molecule has 8 heteroatoms. The summed E-state index contributed by atoms with van der Waals surface area (Å²) in [4.78, 5) is 0. The molecule has 0 radical (unpaired) electrons. The van der Waals surface area contributed by atoms with E-state index in [9.17, 15) is 13.2 Å². The molecule has 2 aromatic carbocycles. The fourth-order valence-corrected chi connectivity index (χ4v) is 2.34. The number of alkyl halides is 3. The molecule has 0 fully saturated rings. The molecule has 0 aliphatic rings. The minimum atomic E-state index is -4.36. The molecule has 0 aromatic heterocycles. The lowest BCUT2D eigenvalue weighted by Crippen LogP contribution is -2.19. The maximum atomic E-state index is 12.1. The zero-order valence-corrected chi connectivity index (χ0v) is 13.9. The van der Waals surface area contributed by atoms with Crippen LogP contribution in [0, 0.1) is 0 Å². The second-order valence-electron chi connectivity index (χ2n) is 4.93. The number of rotatable bonds is 6. The Morgan fingerprint density at radius 2 is 1.76 bits per heavy atom. The fraction of sp³-hybridized carbons (Fsp3) is 0.176. The van der Waals surface area contributed by atoms with Crippen molar-refractivity contribution in [3.05, 3.63) is 65.7 Å². The lowest BCUT2D eigenvalue weighted by atomic mass is 10.2. The van der Waals surface area contributed by atoms with Crippen molar-refractivity contribution in [2.24, 2.45) is 15.9 Å². The van der Waals surface area contributed by atoms with Crippen LogP contribution in [0.4, 0.5) is 13.2 Å². The van der Waals surface area contributed by atoms with Gasteiger partial charge in [-0.05, 0) is 35.4 Å². The van der Waals surface area contributed by atoms with E-state index in [0.717, 1.165) is 5.56 Å². The first-order valence-corrected chi connectivity index (χ1v) is 8.24. The molecule has 0 atom stereocenters. The molecule has 0 aliphatic carbocycles. The average Bonchev–Trinajstić information content (AvgIpc) is 2.59. The van der Waals surface area contributed by atoms with E-state index in [4.69, 9.17) is 5.73 Å². The molecular formula is C17H16F3N3OS. The van der Waals surface area contributed by atoms with E-state index >= 15 is 0 Å². The highest BCUT2D eigenvalue weighted by atomic mass is 32.2. The van der Waals surface area contributed by atoms with Crippen LogP contribution < -0.4 is 10.5 Å². The van der Waals surface area contributed by atoms with Gasteiger partial charge in [0.2, 0.25) is 0 Å². The minimum Gasteiger partial charge on any atom is -0.484 e. The Hall–Kier alpha value is -2.48. The Labute approximate surface area is 147 Å². The van der Waals surface area contributed by atoms with Crippen molar-refractivity contribution in [3.8, 4) is 5.75 Å². The predicted molar refractivity (Wildman–Crippen MR) is 94.9 cm³/mol. The molecule has 0 aliphatic heterocycles. The van der Waals surface area contributed by atoms with Gasteiger partial charge in [-0.1, -0.05) is 42.1 Å². The number of amidine groups is 1. The smallest absolute Gasteiger partial charge is 0.422 e. The topological polar surface area (TPSA) is 60.0 Å². The largest absolute Gasteiger partial charge is 0.484 e. The van der Waals surface area contributed by atoms with Gasteiger partial charge < -0.3 is 10.5 Å². The van der Waals surface area contributed by atoms with Crippen molar-refractivity contribution < 1.29 is 17.9 Å². The number of thioether (sulfide) groups is 1. The van der Waals surface area contributed by atoms with Crippen LogP contribution in [0.25, 0.3) is 0 Å². The summed E-state index contributed by atoms with van der Waals surface area (Å²) in [5.41, 5.74) is 7.56. The van der Waals surface area contributed by atoms with E-state index in [2.05, 4.69) is 14.9 Å². The van der Waals surface area contributed by atoms with Crippen LogP contribution >= 0.6 is 11.8 Å². The molecule has 0 amide bonds. The van der Waals surface area contributed by atoms with Crippen molar-refractivity contribution in [2.45, 2.75) is 11.9 Å². The first-order chi connectivity index (χ1) is 11.9. The first-order valence-electron chi connectivity index (χ1n) is 7.25. The summed E-state index contributed by atoms with van der Waals surface area (Å²) >= 11 is 1.36. The SMILES string of the molecule is NC(=NN=Cc1ccc(OCC(F)(F)F)cc1)SCc1ccccc1. The summed E-state index contributed by atoms with van der Waals surface area (Å²) in [6.07, 6.45) is -2.90. The highest BCUT2D eigenvalue weighted by molar-refractivity contribution is 8.13. The highest BCUT2D eigenvalue weighted by Gasteiger charge is 2.28. The number of halogens is 3. The molecule has 132 valence electrons. The van der Waals surface area contributed by atoms with Gasteiger partial charge in [0.15, 0.2) is 11.8 Å². The third-order valence-corrected chi connectivity index (χ3v) is 3.73. The van der Waals surface area contributed by atoms with Crippen LogP contribution in [-0.2, 0) is 5.75 Å². The summed E-state index contributed by atoms with van der Waals surface area (Å²) in [5, 5.41) is 8.06. The van der Waals surface area contributed by atoms with E-state index in [1.54, 1.807) is 12.1 Å². The monoisotopic (exact) mass is 367 g/mol. The Bertz CT molecular complexity index is 716. The Balaban J connectivity index is 1.82. The second-order valence-corrected chi connectivity index (χ2v) is 5.93. The summed E-state index contributed by atoms with van der Waals surface area (Å²) < 4.78 is 40.8. The Morgan fingerprint density at radius 1 is 1.08 bits per heavy atom. The minimum absolute atomic E-state index is 0.135. The van der Waals surface area contributed by atoms with E-state index in [0.29, 0.717) is 16.5 Å². The van der Waals surface area contributed by atoms with Gasteiger partial charge in [-0.15, -0.1) is 5.10 Å². The molecule has 0 heterocycles. The Morgan fingerprint density at radius 3 is 2.40 bits per heavy atom. The number of hydrogen-bond acceptors (Lipinski definition) is 4. The van der Waals surface area contributed by atoms with Gasteiger partial charge in [-0.3, -0.25) is 0 Å². The quantitative estimate of drug-likeness (QED) is 0.473. The van der Waals surface area contributed by atoms with Crippen molar-refractivity contribution in [1.29, 1.82) is 0 Å². The van der Waals surface area contributed by atoms with Gasteiger partial charge in [0.25, 0.3) is 0 Å². The molecule has 0 bridgehead atoms. The summed E-state index contributed by atoms with van der Waals surface area (Å²) in [7, 11) is 0. The number of nitrogens with two attached hydrogens (primary N) is 1. The van der Waals surface area contributed by atoms with Crippen molar-refractivity contribution in [2.75, 3.05) is 6.61 Å². The molecule has 0 saturated heterocycles. The van der Waals surface area contributed by atoms with Crippen LogP contribution in [0.3, 0.4) is 0 Å². The number of benzene rings is 2. The van der Waals surface area contributed by atoms with E-state index in [1.165, 1.54) is 30.1 Å². The van der Waals surface area contributed by atoms with Crippen LogP contribution in [0.15, 0.2) is 64.8 Å². The normalized spacial score (nSPS) is 12.5. The third-order valence-electron chi connectivity index (χ3n) is 2.88. The van der Waals surface area contributed by atoms with Gasteiger partial charge in [-0.2, -0.15) is 18.3 Å². The maximum Gasteiger partial charge on any atom is 0.422 e. The molecular weight excluding hydrogens is 351 g/mol. The summed E-state index contributed by atoms with van der Waals surface area (Å²) in [6, 6.07) is 15.9. The zero-order chi connectivity index (χ0) is 18.1. The maximum absolute atomic E-state index is 12.1. The molecule has 2 rings (SSSR count). The molecule has 0 unspecified atom stereocenters. The first kappa shape index (κ1) is 18.9. The lowest BCUT2D eigenvalue weighted by Gasteiger charge is -2.08.